The zero-order valence-electron chi connectivity index (χ0n) is 35.4. The molecule has 13 aromatic rings. The van der Waals surface area contributed by atoms with Crippen molar-refractivity contribution in [3.63, 3.8) is 0 Å². The van der Waals surface area contributed by atoms with E-state index in [0.717, 1.165) is 76.9 Å². The van der Waals surface area contributed by atoms with Crippen LogP contribution in [0.1, 0.15) is 22.6 Å². The average Bonchev–Trinajstić information content (AvgIpc) is 3.96. The van der Waals surface area contributed by atoms with Crippen LogP contribution in [0.3, 0.4) is 0 Å². The number of fused-ring (bicyclic) bond motifs is 10. The van der Waals surface area contributed by atoms with E-state index >= 15 is 0 Å². The fraction of sp³-hybridized carbons (Fsp3) is 0.0159. The van der Waals surface area contributed by atoms with Crippen LogP contribution >= 0.6 is 0 Å². The molecule has 0 fully saturated rings. The summed E-state index contributed by atoms with van der Waals surface area (Å²) in [5, 5.41) is 9.21. The normalized spacial score (nSPS) is 11.8. The zero-order chi connectivity index (χ0) is 42.8. The summed E-state index contributed by atoms with van der Waals surface area (Å²) in [6.07, 6.45) is 0. The lowest BCUT2D eigenvalue weighted by atomic mass is 9.83. The van der Waals surface area contributed by atoms with Gasteiger partial charge in [0.05, 0.1) is 0 Å². The first-order chi connectivity index (χ1) is 32.2. The molecule has 0 spiro atoms. The first-order valence-corrected chi connectivity index (χ1v) is 22.3. The summed E-state index contributed by atoms with van der Waals surface area (Å²) in [5.74, 6) is 0.0140. The molecule has 0 aliphatic rings. The molecule has 2 aromatic heterocycles. The molecule has 304 valence electrons. The van der Waals surface area contributed by atoms with Gasteiger partial charge in [-0.25, -0.2) is 0 Å². The van der Waals surface area contributed by atoms with Crippen LogP contribution < -0.4 is 0 Å². The SMILES string of the molecule is c1ccc(-c2cccc(-c3ccc(C(c4ccc(-c5ccc6c(c5)oc5c7ccccc7ccc65)cc4)c4ccc(-c5ccc6c(c5)oc5c7ccccc7ccc65)cc4)cc3)c2)cc1. The second-order valence-electron chi connectivity index (χ2n) is 17.2. The fourth-order valence-corrected chi connectivity index (χ4v) is 10.1. The summed E-state index contributed by atoms with van der Waals surface area (Å²) in [6, 6.07) is 85.5. The van der Waals surface area contributed by atoms with Crippen LogP contribution in [0.2, 0.25) is 0 Å². The lowest BCUT2D eigenvalue weighted by Gasteiger charge is -2.20. The van der Waals surface area contributed by atoms with Crippen molar-refractivity contribution in [2.45, 2.75) is 5.92 Å². The molecule has 0 N–H and O–H groups in total. The maximum Gasteiger partial charge on any atom is 0.143 e. The molecular formula is C63H40O2. The highest BCUT2D eigenvalue weighted by atomic mass is 16.3. The molecule has 2 heterocycles. The smallest absolute Gasteiger partial charge is 0.143 e. The number of hydrogen-bond donors (Lipinski definition) is 0. The van der Waals surface area contributed by atoms with Crippen molar-refractivity contribution in [3.05, 3.63) is 253 Å². The monoisotopic (exact) mass is 828 g/mol. The minimum absolute atomic E-state index is 0.0140. The highest BCUT2D eigenvalue weighted by Crippen LogP contribution is 2.40. The van der Waals surface area contributed by atoms with Crippen LogP contribution in [0.5, 0.6) is 0 Å². The van der Waals surface area contributed by atoms with E-state index in [4.69, 9.17) is 8.83 Å². The average molecular weight is 829 g/mol. The van der Waals surface area contributed by atoms with Gasteiger partial charge in [-0.3, -0.25) is 0 Å². The van der Waals surface area contributed by atoms with Gasteiger partial charge in [0.25, 0.3) is 0 Å². The fourth-order valence-electron chi connectivity index (χ4n) is 10.1. The number of rotatable bonds is 7. The van der Waals surface area contributed by atoms with Gasteiger partial charge in [0.1, 0.15) is 22.3 Å². The first-order valence-electron chi connectivity index (χ1n) is 22.3. The van der Waals surface area contributed by atoms with Crippen LogP contribution in [0, 0.1) is 0 Å². The molecule has 65 heavy (non-hydrogen) atoms. The van der Waals surface area contributed by atoms with Crippen molar-refractivity contribution < 1.29 is 8.83 Å². The first kappa shape index (κ1) is 37.1. The lowest BCUT2D eigenvalue weighted by Crippen LogP contribution is -2.03. The molecule has 13 rings (SSSR count). The summed E-state index contributed by atoms with van der Waals surface area (Å²) in [7, 11) is 0. The van der Waals surface area contributed by atoms with E-state index in [1.807, 2.05) is 0 Å². The van der Waals surface area contributed by atoms with Gasteiger partial charge >= 0.3 is 0 Å². The number of hydrogen-bond acceptors (Lipinski definition) is 2. The van der Waals surface area contributed by atoms with Gasteiger partial charge in [-0.1, -0.05) is 194 Å². The molecule has 0 amide bonds. The van der Waals surface area contributed by atoms with E-state index < -0.39 is 0 Å². The van der Waals surface area contributed by atoms with Gasteiger partial charge in [-0.05, 0) is 114 Å². The quantitative estimate of drug-likeness (QED) is 0.150. The lowest BCUT2D eigenvalue weighted by molar-refractivity contribution is 0.672. The molecule has 2 heteroatoms. The topological polar surface area (TPSA) is 26.3 Å². The Bertz CT molecular complexity index is 3710. The van der Waals surface area contributed by atoms with E-state index in [0.29, 0.717) is 0 Å². The molecule has 0 aliphatic heterocycles. The maximum atomic E-state index is 6.56. The number of benzene rings is 11. The van der Waals surface area contributed by atoms with Gasteiger partial charge < -0.3 is 8.83 Å². The Balaban J connectivity index is 0.862. The Morgan fingerprint density at radius 3 is 1.05 bits per heavy atom. The maximum absolute atomic E-state index is 6.56. The Kier molecular flexibility index (Phi) is 8.63. The summed E-state index contributed by atoms with van der Waals surface area (Å²) in [4.78, 5) is 0. The minimum atomic E-state index is 0.0140. The third kappa shape index (κ3) is 6.41. The molecule has 0 unspecified atom stereocenters. The molecule has 2 nitrogen and oxygen atoms in total. The summed E-state index contributed by atoms with van der Waals surface area (Å²) in [5.41, 5.74) is 16.8. The van der Waals surface area contributed by atoms with Crippen molar-refractivity contribution in [2.24, 2.45) is 0 Å². The Labute approximate surface area is 376 Å². The zero-order valence-corrected chi connectivity index (χ0v) is 35.4. The standard InChI is InChI=1S/C63H40O2/c1-2-9-40(10-3-1)49-13-8-14-50(37-49)41-17-23-46(24-18-41)61(47-25-19-42(20-26-47)51-31-33-55-57-35-29-44-11-4-6-15-53(44)62(57)64-59(55)38-51)48-27-21-43(22-28-48)52-32-34-56-58-36-30-45-12-5-7-16-54(45)63(58)65-60(56)39-52/h1-39,61H. The number of furan rings is 2. The van der Waals surface area contributed by atoms with Crippen molar-refractivity contribution in [1.82, 2.24) is 0 Å². The third-order valence-electron chi connectivity index (χ3n) is 13.4. The van der Waals surface area contributed by atoms with Crippen LogP contribution in [0.15, 0.2) is 245 Å². The van der Waals surface area contributed by atoms with Gasteiger partial charge in [0.15, 0.2) is 0 Å². The van der Waals surface area contributed by atoms with Crippen molar-refractivity contribution in [1.29, 1.82) is 0 Å². The van der Waals surface area contributed by atoms with Crippen molar-refractivity contribution in [3.8, 4) is 44.5 Å². The van der Waals surface area contributed by atoms with Crippen LogP contribution in [0.4, 0.5) is 0 Å². The minimum Gasteiger partial charge on any atom is -0.455 e. The molecule has 0 radical (unpaired) electrons. The van der Waals surface area contributed by atoms with Crippen LogP contribution in [0.25, 0.3) is 110 Å². The van der Waals surface area contributed by atoms with E-state index in [1.165, 1.54) is 49.7 Å². The van der Waals surface area contributed by atoms with Gasteiger partial charge in [-0.15, -0.1) is 0 Å². The van der Waals surface area contributed by atoms with Gasteiger partial charge in [0, 0.05) is 38.2 Å². The molecule has 0 atom stereocenters. The second-order valence-corrected chi connectivity index (χ2v) is 17.2. The highest BCUT2D eigenvalue weighted by molar-refractivity contribution is 6.16. The van der Waals surface area contributed by atoms with Crippen molar-refractivity contribution >= 4 is 65.4 Å². The largest absolute Gasteiger partial charge is 0.455 e. The molecule has 0 saturated carbocycles. The summed E-state index contributed by atoms with van der Waals surface area (Å²) >= 11 is 0. The Morgan fingerprint density at radius 1 is 0.231 bits per heavy atom. The van der Waals surface area contributed by atoms with E-state index in [1.54, 1.807) is 0 Å². The molecule has 11 aromatic carbocycles. The van der Waals surface area contributed by atoms with Crippen molar-refractivity contribution in [2.75, 3.05) is 0 Å². The van der Waals surface area contributed by atoms with Gasteiger partial charge in [-0.2, -0.15) is 0 Å². The van der Waals surface area contributed by atoms with E-state index in [-0.39, 0.29) is 5.92 Å². The molecule has 0 bridgehead atoms. The highest BCUT2D eigenvalue weighted by Gasteiger charge is 2.19. The predicted octanol–water partition coefficient (Wildman–Crippen LogP) is 17.6. The second kappa shape index (κ2) is 15.1. The van der Waals surface area contributed by atoms with Crippen LogP contribution in [-0.2, 0) is 0 Å². The van der Waals surface area contributed by atoms with Gasteiger partial charge in [0.2, 0.25) is 0 Å². The summed E-state index contributed by atoms with van der Waals surface area (Å²) < 4.78 is 13.1. The Hall–Kier alpha value is -8.46. The van der Waals surface area contributed by atoms with E-state index in [2.05, 4.69) is 237 Å². The Morgan fingerprint density at radius 2 is 0.585 bits per heavy atom. The third-order valence-corrected chi connectivity index (χ3v) is 13.4. The molecule has 0 aliphatic carbocycles. The molecular weight excluding hydrogens is 789 g/mol. The predicted molar refractivity (Wildman–Crippen MR) is 272 cm³/mol. The van der Waals surface area contributed by atoms with Crippen LogP contribution in [-0.4, -0.2) is 0 Å². The molecule has 0 saturated heterocycles. The summed E-state index contributed by atoms with van der Waals surface area (Å²) in [6.45, 7) is 0. The van der Waals surface area contributed by atoms with E-state index in [9.17, 15) is 0 Å².